The van der Waals surface area contributed by atoms with Crippen LogP contribution >= 0.6 is 0 Å². The Morgan fingerprint density at radius 2 is 1.69 bits per heavy atom. The molecule has 152 valence electrons. The number of nitrogens with one attached hydrogen (secondary N) is 2. The number of hydrogen-bond acceptors (Lipinski definition) is 5. The van der Waals surface area contributed by atoms with Gasteiger partial charge in [-0.2, -0.15) is 5.10 Å². The maximum Gasteiger partial charge on any atom is 0.335 e. The van der Waals surface area contributed by atoms with E-state index in [1.807, 2.05) is 13.8 Å². The molecule has 2 aromatic rings. The van der Waals surface area contributed by atoms with Crippen LogP contribution in [0.3, 0.4) is 0 Å². The number of amides is 2. The van der Waals surface area contributed by atoms with Gasteiger partial charge < -0.3 is 15.2 Å². The highest BCUT2D eigenvalue weighted by Gasteiger charge is 2.12. The van der Waals surface area contributed by atoms with Crippen LogP contribution in [0, 0.1) is 5.92 Å². The third kappa shape index (κ3) is 7.45. The molecule has 0 bridgehead atoms. The highest BCUT2D eigenvalue weighted by atomic mass is 16.5. The SMILES string of the molecule is CC(C)CNC(=O)C(=O)N/N=C\c1ccc(OCc2ccc(C(=O)O)cc2)cc1. The minimum atomic E-state index is -0.970. The van der Waals surface area contributed by atoms with Gasteiger partial charge in [-0.25, -0.2) is 10.2 Å². The molecule has 0 atom stereocenters. The van der Waals surface area contributed by atoms with Crippen molar-refractivity contribution in [3.05, 3.63) is 65.2 Å². The molecule has 0 aliphatic heterocycles. The van der Waals surface area contributed by atoms with E-state index < -0.39 is 17.8 Å². The second-order valence-electron chi connectivity index (χ2n) is 6.66. The first-order valence-electron chi connectivity index (χ1n) is 9.01. The van der Waals surface area contributed by atoms with Gasteiger partial charge in [0.2, 0.25) is 0 Å². The molecule has 2 amide bonds. The molecular weight excluding hydrogens is 374 g/mol. The minimum Gasteiger partial charge on any atom is -0.489 e. The highest BCUT2D eigenvalue weighted by Crippen LogP contribution is 2.14. The first-order valence-corrected chi connectivity index (χ1v) is 9.01. The molecule has 0 aromatic heterocycles. The Hall–Kier alpha value is -3.68. The predicted molar refractivity (Wildman–Crippen MR) is 108 cm³/mol. The van der Waals surface area contributed by atoms with Gasteiger partial charge >= 0.3 is 17.8 Å². The van der Waals surface area contributed by atoms with Crippen LogP contribution in [-0.4, -0.2) is 35.6 Å². The van der Waals surface area contributed by atoms with Crippen LogP contribution in [0.1, 0.15) is 35.3 Å². The van der Waals surface area contributed by atoms with Crippen LogP contribution < -0.4 is 15.5 Å². The Morgan fingerprint density at radius 3 is 2.28 bits per heavy atom. The number of nitrogens with zero attached hydrogens (tertiary/aromatic N) is 1. The summed E-state index contributed by atoms with van der Waals surface area (Å²) in [5, 5.41) is 15.2. The third-order valence-corrected chi connectivity index (χ3v) is 3.74. The second kappa shape index (κ2) is 10.6. The lowest BCUT2D eigenvalue weighted by Crippen LogP contribution is -2.39. The first kappa shape index (κ1) is 21.6. The van der Waals surface area contributed by atoms with Crippen LogP contribution in [0.15, 0.2) is 53.6 Å². The lowest BCUT2D eigenvalue weighted by Gasteiger charge is -2.07. The van der Waals surface area contributed by atoms with Crippen molar-refractivity contribution >= 4 is 24.0 Å². The smallest absolute Gasteiger partial charge is 0.335 e. The van der Waals surface area contributed by atoms with E-state index in [-0.39, 0.29) is 11.5 Å². The molecular formula is C21H23N3O5. The van der Waals surface area contributed by atoms with Crippen molar-refractivity contribution in [1.82, 2.24) is 10.7 Å². The Morgan fingerprint density at radius 1 is 1.03 bits per heavy atom. The molecule has 0 aliphatic rings. The minimum absolute atomic E-state index is 0.224. The van der Waals surface area contributed by atoms with Gasteiger partial charge in [0, 0.05) is 6.54 Å². The van der Waals surface area contributed by atoms with E-state index >= 15 is 0 Å². The summed E-state index contributed by atoms with van der Waals surface area (Å²) in [7, 11) is 0. The number of carboxylic acids is 1. The van der Waals surface area contributed by atoms with Crippen LogP contribution in [0.5, 0.6) is 5.75 Å². The molecule has 8 nitrogen and oxygen atoms in total. The summed E-state index contributed by atoms with van der Waals surface area (Å²) < 4.78 is 5.65. The number of carbonyl (C=O) groups is 3. The van der Waals surface area contributed by atoms with Crippen LogP contribution in [0.4, 0.5) is 0 Å². The molecule has 0 heterocycles. The summed E-state index contributed by atoms with van der Waals surface area (Å²) in [6.45, 7) is 4.58. The van der Waals surface area contributed by atoms with E-state index in [0.717, 1.165) is 5.56 Å². The summed E-state index contributed by atoms with van der Waals surface area (Å²) in [5.74, 6) is -1.64. The summed E-state index contributed by atoms with van der Waals surface area (Å²) >= 11 is 0. The molecule has 3 N–H and O–H groups in total. The zero-order valence-corrected chi connectivity index (χ0v) is 16.2. The maximum absolute atomic E-state index is 11.6. The van der Waals surface area contributed by atoms with Crippen molar-refractivity contribution in [2.24, 2.45) is 11.0 Å². The summed E-state index contributed by atoms with van der Waals surface area (Å²) in [6, 6.07) is 13.4. The average Bonchev–Trinajstić information content (AvgIpc) is 2.71. The van der Waals surface area contributed by atoms with E-state index in [1.54, 1.807) is 36.4 Å². The van der Waals surface area contributed by atoms with Crippen LogP contribution in [-0.2, 0) is 16.2 Å². The Bertz CT molecular complexity index is 874. The lowest BCUT2D eigenvalue weighted by molar-refractivity contribution is -0.139. The van der Waals surface area contributed by atoms with Gasteiger partial charge in [0.1, 0.15) is 12.4 Å². The topological polar surface area (TPSA) is 117 Å². The van der Waals surface area contributed by atoms with E-state index in [9.17, 15) is 14.4 Å². The van der Waals surface area contributed by atoms with E-state index in [4.69, 9.17) is 9.84 Å². The molecule has 0 radical (unpaired) electrons. The summed E-state index contributed by atoms with van der Waals surface area (Å²) in [4.78, 5) is 34.0. The number of hydrogen-bond donors (Lipinski definition) is 3. The van der Waals surface area contributed by atoms with Gasteiger partial charge in [0.15, 0.2) is 0 Å². The van der Waals surface area contributed by atoms with Crippen molar-refractivity contribution < 1.29 is 24.2 Å². The van der Waals surface area contributed by atoms with Crippen molar-refractivity contribution in [2.75, 3.05) is 6.54 Å². The van der Waals surface area contributed by atoms with E-state index in [1.165, 1.54) is 18.3 Å². The zero-order valence-electron chi connectivity index (χ0n) is 16.2. The fraction of sp³-hybridized carbons (Fsp3) is 0.238. The number of rotatable bonds is 8. The van der Waals surface area contributed by atoms with Crippen molar-refractivity contribution in [1.29, 1.82) is 0 Å². The fourth-order valence-corrected chi connectivity index (χ4v) is 2.15. The fourth-order valence-electron chi connectivity index (χ4n) is 2.15. The molecule has 8 heteroatoms. The monoisotopic (exact) mass is 397 g/mol. The lowest BCUT2D eigenvalue weighted by atomic mass is 10.1. The van der Waals surface area contributed by atoms with Crippen molar-refractivity contribution in [3.63, 3.8) is 0 Å². The number of benzene rings is 2. The highest BCUT2D eigenvalue weighted by molar-refractivity contribution is 6.35. The number of carboxylic acid groups (broad SMARTS) is 1. The molecule has 29 heavy (non-hydrogen) atoms. The van der Waals surface area contributed by atoms with Gasteiger partial charge in [-0.15, -0.1) is 0 Å². The second-order valence-corrected chi connectivity index (χ2v) is 6.66. The Kier molecular flexibility index (Phi) is 7.90. The van der Waals surface area contributed by atoms with Gasteiger partial charge in [0.05, 0.1) is 11.8 Å². The molecule has 0 unspecified atom stereocenters. The molecule has 2 aromatic carbocycles. The number of hydrazone groups is 1. The van der Waals surface area contributed by atoms with Gasteiger partial charge in [-0.05, 0) is 53.4 Å². The molecule has 0 spiro atoms. The quantitative estimate of drug-likeness (QED) is 0.359. The number of aromatic carboxylic acids is 1. The largest absolute Gasteiger partial charge is 0.489 e. The molecule has 0 aliphatic carbocycles. The Balaban J connectivity index is 1.80. The maximum atomic E-state index is 11.6. The molecule has 2 rings (SSSR count). The zero-order chi connectivity index (χ0) is 21.2. The summed E-state index contributed by atoms with van der Waals surface area (Å²) in [6.07, 6.45) is 1.42. The predicted octanol–water partition coefficient (Wildman–Crippen LogP) is 2.19. The van der Waals surface area contributed by atoms with Crippen molar-refractivity contribution in [2.45, 2.75) is 20.5 Å². The molecule has 0 fully saturated rings. The van der Waals surface area contributed by atoms with E-state index in [0.29, 0.717) is 24.5 Å². The average molecular weight is 397 g/mol. The number of carbonyl (C=O) groups excluding carboxylic acids is 2. The van der Waals surface area contributed by atoms with E-state index in [2.05, 4.69) is 15.8 Å². The van der Waals surface area contributed by atoms with Crippen LogP contribution in [0.2, 0.25) is 0 Å². The van der Waals surface area contributed by atoms with Gasteiger partial charge in [-0.3, -0.25) is 9.59 Å². The normalized spacial score (nSPS) is 10.7. The number of ether oxygens (including phenoxy) is 1. The molecule has 0 saturated heterocycles. The molecule has 0 saturated carbocycles. The van der Waals surface area contributed by atoms with Gasteiger partial charge in [0.25, 0.3) is 0 Å². The Labute approximate surface area is 168 Å². The van der Waals surface area contributed by atoms with Gasteiger partial charge in [-0.1, -0.05) is 26.0 Å². The third-order valence-electron chi connectivity index (χ3n) is 3.74. The van der Waals surface area contributed by atoms with Crippen molar-refractivity contribution in [3.8, 4) is 5.75 Å². The first-order chi connectivity index (χ1) is 13.8. The summed E-state index contributed by atoms with van der Waals surface area (Å²) in [5.41, 5.74) is 3.96. The van der Waals surface area contributed by atoms with Crippen LogP contribution in [0.25, 0.3) is 0 Å². The standard InChI is InChI=1S/C21H23N3O5/c1-14(2)11-22-19(25)20(26)24-23-12-15-5-9-18(10-6-15)29-13-16-3-7-17(8-4-16)21(27)28/h3-10,12,14H,11,13H2,1-2H3,(H,22,25)(H,24,26)(H,27,28)/b23-12-.